The molecule has 1 rings (SSSR count). The molecule has 1 fully saturated rings. The summed E-state index contributed by atoms with van der Waals surface area (Å²) in [6, 6.07) is 0. The van der Waals surface area contributed by atoms with Gasteiger partial charge < -0.3 is 14.8 Å². The fourth-order valence-corrected chi connectivity index (χ4v) is 2.12. The Kier molecular flexibility index (Phi) is 5.73. The third-order valence-corrected chi connectivity index (χ3v) is 3.02. The van der Waals surface area contributed by atoms with Crippen molar-refractivity contribution in [3.05, 3.63) is 0 Å². The molecule has 1 aliphatic rings. The van der Waals surface area contributed by atoms with Crippen molar-refractivity contribution < 1.29 is 9.47 Å². The molecule has 0 heterocycles. The molecule has 16 heavy (non-hydrogen) atoms. The second-order valence-electron chi connectivity index (χ2n) is 5.69. The highest BCUT2D eigenvalue weighted by molar-refractivity contribution is 4.74. The number of nitrogens with one attached hydrogen (secondary N) is 1. The Labute approximate surface area is 99.9 Å². The lowest BCUT2D eigenvalue weighted by atomic mass is 9.95. The second kappa shape index (κ2) is 6.58. The summed E-state index contributed by atoms with van der Waals surface area (Å²) < 4.78 is 11.3. The van der Waals surface area contributed by atoms with E-state index in [1.165, 1.54) is 19.3 Å². The zero-order valence-corrected chi connectivity index (χ0v) is 11.2. The Balaban J connectivity index is 2.08. The first-order valence-electron chi connectivity index (χ1n) is 6.40. The fraction of sp³-hybridized carbons (Fsp3) is 1.00. The lowest BCUT2D eigenvalue weighted by molar-refractivity contribution is -0.0290. The number of hydrogen-bond acceptors (Lipinski definition) is 3. The molecule has 2 unspecified atom stereocenters. The van der Waals surface area contributed by atoms with E-state index >= 15 is 0 Å². The fourth-order valence-electron chi connectivity index (χ4n) is 2.12. The summed E-state index contributed by atoms with van der Waals surface area (Å²) in [6.07, 6.45) is 5.49. The topological polar surface area (TPSA) is 30.5 Å². The van der Waals surface area contributed by atoms with Crippen LogP contribution in [0.15, 0.2) is 0 Å². The van der Waals surface area contributed by atoms with Crippen molar-refractivity contribution >= 4 is 0 Å². The molecule has 0 bridgehead atoms. The van der Waals surface area contributed by atoms with E-state index in [2.05, 4.69) is 26.1 Å². The molecule has 1 N–H and O–H groups in total. The molecular weight excluding hydrogens is 202 g/mol. The Hall–Kier alpha value is -0.120. The molecule has 0 saturated heterocycles. The Morgan fingerprint density at radius 1 is 1.19 bits per heavy atom. The standard InChI is InChI=1S/C13H27NO2/c1-13(2,3)14-8-9-16-12-7-5-6-11(10-12)15-4/h11-12,14H,5-10H2,1-4H3. The highest BCUT2D eigenvalue weighted by Gasteiger charge is 2.22. The zero-order valence-electron chi connectivity index (χ0n) is 11.2. The number of methoxy groups -OCH3 is 1. The Morgan fingerprint density at radius 3 is 2.50 bits per heavy atom. The Morgan fingerprint density at radius 2 is 1.88 bits per heavy atom. The first kappa shape index (κ1) is 13.9. The van der Waals surface area contributed by atoms with Gasteiger partial charge in [-0.2, -0.15) is 0 Å². The minimum absolute atomic E-state index is 0.186. The van der Waals surface area contributed by atoms with Gasteiger partial charge in [0.05, 0.1) is 18.8 Å². The van der Waals surface area contributed by atoms with Crippen LogP contribution in [0.3, 0.4) is 0 Å². The van der Waals surface area contributed by atoms with Crippen LogP contribution in [0.1, 0.15) is 46.5 Å². The summed E-state index contributed by atoms with van der Waals surface area (Å²) in [5, 5.41) is 3.43. The van der Waals surface area contributed by atoms with Crippen molar-refractivity contribution in [2.45, 2.75) is 64.2 Å². The van der Waals surface area contributed by atoms with Gasteiger partial charge in [0.2, 0.25) is 0 Å². The molecule has 0 aromatic heterocycles. The van der Waals surface area contributed by atoms with Gasteiger partial charge in [0.15, 0.2) is 0 Å². The van der Waals surface area contributed by atoms with Gasteiger partial charge in [-0.15, -0.1) is 0 Å². The molecule has 1 aliphatic carbocycles. The molecule has 2 atom stereocenters. The summed E-state index contributed by atoms with van der Waals surface area (Å²) >= 11 is 0. The zero-order chi connectivity index (χ0) is 12.0. The minimum Gasteiger partial charge on any atom is -0.381 e. The van der Waals surface area contributed by atoms with E-state index in [4.69, 9.17) is 9.47 Å². The molecule has 0 aromatic rings. The number of rotatable bonds is 5. The van der Waals surface area contributed by atoms with Crippen LogP contribution < -0.4 is 5.32 Å². The third kappa shape index (κ3) is 5.83. The van der Waals surface area contributed by atoms with Crippen molar-refractivity contribution in [1.82, 2.24) is 5.32 Å². The number of hydrogen-bond donors (Lipinski definition) is 1. The lowest BCUT2D eigenvalue weighted by Crippen LogP contribution is -2.39. The van der Waals surface area contributed by atoms with Crippen molar-refractivity contribution in [2.75, 3.05) is 20.3 Å². The average Bonchev–Trinajstić information content (AvgIpc) is 2.23. The van der Waals surface area contributed by atoms with Crippen LogP contribution >= 0.6 is 0 Å². The summed E-state index contributed by atoms with van der Waals surface area (Å²) in [7, 11) is 1.80. The molecule has 1 saturated carbocycles. The van der Waals surface area contributed by atoms with E-state index in [1.807, 2.05) is 0 Å². The monoisotopic (exact) mass is 229 g/mol. The van der Waals surface area contributed by atoms with Crippen LogP contribution in [0.4, 0.5) is 0 Å². The predicted octanol–water partition coefficient (Wildman–Crippen LogP) is 2.35. The molecule has 0 amide bonds. The van der Waals surface area contributed by atoms with Crippen LogP contribution in [0.2, 0.25) is 0 Å². The summed E-state index contributed by atoms with van der Waals surface area (Å²) in [4.78, 5) is 0. The van der Waals surface area contributed by atoms with Gasteiger partial charge in [-0.3, -0.25) is 0 Å². The largest absolute Gasteiger partial charge is 0.381 e. The van der Waals surface area contributed by atoms with Crippen molar-refractivity contribution in [2.24, 2.45) is 0 Å². The summed E-state index contributed by atoms with van der Waals surface area (Å²) in [6.45, 7) is 8.26. The smallest absolute Gasteiger partial charge is 0.0600 e. The van der Waals surface area contributed by atoms with Crippen LogP contribution in [-0.2, 0) is 9.47 Å². The highest BCUT2D eigenvalue weighted by atomic mass is 16.5. The normalized spacial score (nSPS) is 27.0. The quantitative estimate of drug-likeness (QED) is 0.734. The van der Waals surface area contributed by atoms with Crippen LogP contribution in [0, 0.1) is 0 Å². The number of ether oxygens (including phenoxy) is 2. The maximum absolute atomic E-state index is 5.87. The van der Waals surface area contributed by atoms with Crippen LogP contribution in [-0.4, -0.2) is 38.0 Å². The van der Waals surface area contributed by atoms with Crippen molar-refractivity contribution in [1.29, 1.82) is 0 Å². The van der Waals surface area contributed by atoms with Crippen molar-refractivity contribution in [3.63, 3.8) is 0 Å². The Bertz CT molecular complexity index is 189. The molecule has 3 nitrogen and oxygen atoms in total. The van der Waals surface area contributed by atoms with E-state index in [9.17, 15) is 0 Å². The molecule has 0 radical (unpaired) electrons. The first-order chi connectivity index (χ1) is 7.51. The molecular formula is C13H27NO2. The van der Waals surface area contributed by atoms with Crippen molar-refractivity contribution in [3.8, 4) is 0 Å². The van der Waals surface area contributed by atoms with E-state index in [-0.39, 0.29) is 5.54 Å². The van der Waals surface area contributed by atoms with Gasteiger partial charge in [-0.25, -0.2) is 0 Å². The maximum Gasteiger partial charge on any atom is 0.0600 e. The lowest BCUT2D eigenvalue weighted by Gasteiger charge is -2.29. The van der Waals surface area contributed by atoms with E-state index in [0.29, 0.717) is 12.2 Å². The highest BCUT2D eigenvalue weighted by Crippen LogP contribution is 2.22. The van der Waals surface area contributed by atoms with E-state index in [0.717, 1.165) is 19.6 Å². The van der Waals surface area contributed by atoms with Gasteiger partial charge in [-0.05, 0) is 46.5 Å². The summed E-state index contributed by atoms with van der Waals surface area (Å²) in [5.74, 6) is 0. The van der Waals surface area contributed by atoms with Gasteiger partial charge >= 0.3 is 0 Å². The van der Waals surface area contributed by atoms with Gasteiger partial charge in [0.25, 0.3) is 0 Å². The predicted molar refractivity (Wildman–Crippen MR) is 66.8 cm³/mol. The molecule has 0 aromatic carbocycles. The molecule has 0 aliphatic heterocycles. The van der Waals surface area contributed by atoms with E-state index in [1.54, 1.807) is 7.11 Å². The minimum atomic E-state index is 0.186. The van der Waals surface area contributed by atoms with Crippen LogP contribution in [0.25, 0.3) is 0 Å². The van der Waals surface area contributed by atoms with Gasteiger partial charge in [0, 0.05) is 19.2 Å². The SMILES string of the molecule is COC1CCCC(OCCNC(C)(C)C)C1. The third-order valence-electron chi connectivity index (χ3n) is 3.02. The second-order valence-corrected chi connectivity index (χ2v) is 5.69. The summed E-state index contributed by atoms with van der Waals surface area (Å²) in [5.41, 5.74) is 0.186. The maximum atomic E-state index is 5.87. The molecule has 96 valence electrons. The van der Waals surface area contributed by atoms with Crippen LogP contribution in [0.5, 0.6) is 0 Å². The average molecular weight is 229 g/mol. The van der Waals surface area contributed by atoms with Gasteiger partial charge in [0.1, 0.15) is 0 Å². The molecule has 3 heteroatoms. The first-order valence-corrected chi connectivity index (χ1v) is 6.40. The van der Waals surface area contributed by atoms with E-state index < -0.39 is 0 Å². The molecule has 0 spiro atoms. The van der Waals surface area contributed by atoms with Gasteiger partial charge in [-0.1, -0.05) is 0 Å².